The second kappa shape index (κ2) is 5.94. The van der Waals surface area contributed by atoms with Gasteiger partial charge in [0.25, 0.3) is 5.56 Å². The summed E-state index contributed by atoms with van der Waals surface area (Å²) in [7, 11) is 0. The zero-order chi connectivity index (χ0) is 15.7. The van der Waals surface area contributed by atoms with Crippen molar-refractivity contribution in [2.75, 3.05) is 5.32 Å². The first kappa shape index (κ1) is 14.8. The maximum atomic E-state index is 12.2. The third-order valence-corrected chi connectivity index (χ3v) is 3.71. The molecule has 3 aromatic rings. The van der Waals surface area contributed by atoms with Crippen LogP contribution >= 0.6 is 23.2 Å². The Morgan fingerprint density at radius 3 is 2.82 bits per heavy atom. The molecule has 2 heterocycles. The smallest absolute Gasteiger partial charge is 0.253 e. The molecule has 7 heteroatoms. The van der Waals surface area contributed by atoms with Crippen molar-refractivity contribution in [3.05, 3.63) is 62.6 Å². The number of benzene rings is 1. The molecule has 0 saturated heterocycles. The molecule has 0 bridgehead atoms. The Morgan fingerprint density at radius 2 is 2.05 bits per heavy atom. The SMILES string of the molecule is CC(Nc1nccc(Cl)n1)c1cc2cc(Cl)ccc2[nH]c1=O. The van der Waals surface area contributed by atoms with E-state index in [9.17, 15) is 4.79 Å². The zero-order valence-corrected chi connectivity index (χ0v) is 13.1. The first-order valence-electron chi connectivity index (χ1n) is 6.60. The van der Waals surface area contributed by atoms with Crippen molar-refractivity contribution in [3.8, 4) is 0 Å². The molecule has 0 spiro atoms. The fourth-order valence-electron chi connectivity index (χ4n) is 2.19. The summed E-state index contributed by atoms with van der Waals surface area (Å²) in [5, 5.41) is 4.88. The molecule has 0 saturated carbocycles. The number of hydrogen-bond acceptors (Lipinski definition) is 4. The minimum atomic E-state index is -0.286. The number of anilines is 1. The molecule has 0 radical (unpaired) electrons. The molecule has 2 aromatic heterocycles. The zero-order valence-electron chi connectivity index (χ0n) is 11.6. The summed E-state index contributed by atoms with van der Waals surface area (Å²) in [6, 6.07) is 8.43. The van der Waals surface area contributed by atoms with Crippen molar-refractivity contribution in [3.63, 3.8) is 0 Å². The van der Waals surface area contributed by atoms with Gasteiger partial charge in [-0.3, -0.25) is 4.79 Å². The Morgan fingerprint density at radius 1 is 1.23 bits per heavy atom. The molecule has 5 nitrogen and oxygen atoms in total. The van der Waals surface area contributed by atoms with E-state index in [1.54, 1.807) is 30.5 Å². The highest BCUT2D eigenvalue weighted by atomic mass is 35.5. The van der Waals surface area contributed by atoms with E-state index in [0.29, 0.717) is 21.7 Å². The van der Waals surface area contributed by atoms with E-state index in [1.807, 2.05) is 13.0 Å². The van der Waals surface area contributed by atoms with E-state index in [4.69, 9.17) is 23.2 Å². The van der Waals surface area contributed by atoms with E-state index in [1.165, 1.54) is 0 Å². The minimum Gasteiger partial charge on any atom is -0.347 e. The van der Waals surface area contributed by atoms with Gasteiger partial charge in [-0.1, -0.05) is 23.2 Å². The number of H-pyrrole nitrogens is 1. The van der Waals surface area contributed by atoms with E-state index in [0.717, 1.165) is 10.9 Å². The number of aromatic nitrogens is 3. The van der Waals surface area contributed by atoms with Gasteiger partial charge in [0.05, 0.1) is 6.04 Å². The van der Waals surface area contributed by atoms with Gasteiger partial charge in [-0.25, -0.2) is 9.97 Å². The molecule has 0 aliphatic heterocycles. The Labute approximate surface area is 136 Å². The number of fused-ring (bicyclic) bond motifs is 1. The highest BCUT2D eigenvalue weighted by molar-refractivity contribution is 6.31. The molecule has 112 valence electrons. The fraction of sp³-hybridized carbons (Fsp3) is 0.133. The lowest BCUT2D eigenvalue weighted by Crippen LogP contribution is -2.20. The molecule has 0 aliphatic carbocycles. The van der Waals surface area contributed by atoms with Gasteiger partial charge in [-0.15, -0.1) is 0 Å². The van der Waals surface area contributed by atoms with E-state index >= 15 is 0 Å². The van der Waals surface area contributed by atoms with Gasteiger partial charge >= 0.3 is 0 Å². The van der Waals surface area contributed by atoms with Crippen molar-refractivity contribution in [2.45, 2.75) is 13.0 Å². The van der Waals surface area contributed by atoms with Gasteiger partial charge in [0.1, 0.15) is 5.15 Å². The molecule has 1 unspecified atom stereocenters. The quantitative estimate of drug-likeness (QED) is 0.714. The highest BCUT2D eigenvalue weighted by Gasteiger charge is 2.12. The number of pyridine rings is 1. The number of halogens is 2. The summed E-state index contributed by atoms with van der Waals surface area (Å²) in [4.78, 5) is 23.2. The monoisotopic (exact) mass is 334 g/mol. The second-order valence-corrected chi connectivity index (χ2v) is 5.68. The Kier molecular flexibility index (Phi) is 4.00. The third kappa shape index (κ3) is 3.05. The average molecular weight is 335 g/mol. The van der Waals surface area contributed by atoms with Crippen LogP contribution in [0.3, 0.4) is 0 Å². The standard InChI is InChI=1S/C15H12Cl2N4O/c1-8(19-15-18-5-4-13(17)21-15)11-7-9-6-10(16)2-3-12(9)20-14(11)22/h2-8H,1H3,(H,20,22)(H,18,19,21). The van der Waals surface area contributed by atoms with Crippen LogP contribution in [0.5, 0.6) is 0 Å². The average Bonchev–Trinajstić information content (AvgIpc) is 2.47. The fourth-order valence-corrected chi connectivity index (χ4v) is 2.51. The number of aromatic amines is 1. The molecular weight excluding hydrogens is 323 g/mol. The first-order valence-corrected chi connectivity index (χ1v) is 7.36. The van der Waals surface area contributed by atoms with Gasteiger partial charge in [0.2, 0.25) is 5.95 Å². The lowest BCUT2D eigenvalue weighted by atomic mass is 10.1. The maximum Gasteiger partial charge on any atom is 0.253 e. The maximum absolute atomic E-state index is 12.2. The first-order chi connectivity index (χ1) is 10.5. The normalized spacial score (nSPS) is 12.3. The van der Waals surface area contributed by atoms with Crippen LogP contribution in [0.15, 0.2) is 41.3 Å². The summed E-state index contributed by atoms with van der Waals surface area (Å²) in [5.74, 6) is 0.366. The number of rotatable bonds is 3. The summed E-state index contributed by atoms with van der Waals surface area (Å²) in [6.07, 6.45) is 1.55. The molecule has 2 N–H and O–H groups in total. The summed E-state index contributed by atoms with van der Waals surface area (Å²) in [5.41, 5.74) is 1.14. The molecule has 3 rings (SSSR count). The topological polar surface area (TPSA) is 70.7 Å². The van der Waals surface area contributed by atoms with Gasteiger partial charge < -0.3 is 10.3 Å². The van der Waals surface area contributed by atoms with Crippen LogP contribution in [0, 0.1) is 0 Å². The minimum absolute atomic E-state index is 0.170. The molecule has 22 heavy (non-hydrogen) atoms. The second-order valence-electron chi connectivity index (χ2n) is 4.85. The van der Waals surface area contributed by atoms with Crippen molar-refractivity contribution >= 4 is 40.1 Å². The van der Waals surface area contributed by atoms with Crippen molar-refractivity contribution in [1.29, 1.82) is 0 Å². The lowest BCUT2D eigenvalue weighted by Gasteiger charge is -2.14. The molecule has 1 aromatic carbocycles. The van der Waals surface area contributed by atoms with E-state index in [-0.39, 0.29) is 11.6 Å². The van der Waals surface area contributed by atoms with Crippen LogP contribution in [0.4, 0.5) is 5.95 Å². The molecule has 0 fully saturated rings. The Balaban J connectivity index is 1.98. The van der Waals surface area contributed by atoms with Crippen molar-refractivity contribution in [1.82, 2.24) is 15.0 Å². The number of nitrogens with zero attached hydrogens (tertiary/aromatic N) is 2. The summed E-state index contributed by atoms with van der Waals surface area (Å²) in [6.45, 7) is 1.85. The van der Waals surface area contributed by atoms with Crippen LogP contribution in [0.1, 0.15) is 18.5 Å². The van der Waals surface area contributed by atoms with Gasteiger partial charge in [-0.2, -0.15) is 0 Å². The molecule has 0 amide bonds. The largest absolute Gasteiger partial charge is 0.347 e. The third-order valence-electron chi connectivity index (χ3n) is 3.27. The summed E-state index contributed by atoms with van der Waals surface area (Å²) >= 11 is 11.8. The molecule has 1 atom stereocenters. The van der Waals surface area contributed by atoms with Crippen molar-refractivity contribution in [2.24, 2.45) is 0 Å². The van der Waals surface area contributed by atoms with E-state index in [2.05, 4.69) is 20.3 Å². The highest BCUT2D eigenvalue weighted by Crippen LogP contribution is 2.21. The van der Waals surface area contributed by atoms with Gasteiger partial charge in [0, 0.05) is 27.7 Å². The number of hydrogen-bond donors (Lipinski definition) is 2. The Bertz CT molecular complexity index is 894. The van der Waals surface area contributed by atoms with Crippen LogP contribution in [0.2, 0.25) is 10.2 Å². The lowest BCUT2D eigenvalue weighted by molar-refractivity contribution is 0.845. The molecular formula is C15H12Cl2N4O. The van der Waals surface area contributed by atoms with Gasteiger partial charge in [-0.05, 0) is 37.3 Å². The van der Waals surface area contributed by atoms with Crippen molar-refractivity contribution < 1.29 is 0 Å². The van der Waals surface area contributed by atoms with Crippen LogP contribution in [-0.4, -0.2) is 15.0 Å². The van der Waals surface area contributed by atoms with Gasteiger partial charge in [0.15, 0.2) is 0 Å². The Hall–Kier alpha value is -2.11. The van der Waals surface area contributed by atoms with Crippen LogP contribution < -0.4 is 10.9 Å². The predicted octanol–water partition coefficient (Wildman–Crippen LogP) is 3.80. The molecule has 0 aliphatic rings. The van der Waals surface area contributed by atoms with Crippen LogP contribution in [-0.2, 0) is 0 Å². The van der Waals surface area contributed by atoms with Crippen LogP contribution in [0.25, 0.3) is 10.9 Å². The number of nitrogens with one attached hydrogen (secondary N) is 2. The summed E-state index contributed by atoms with van der Waals surface area (Å²) < 4.78 is 0. The predicted molar refractivity (Wildman–Crippen MR) is 88.7 cm³/mol. The van der Waals surface area contributed by atoms with E-state index < -0.39 is 0 Å².